The second-order valence-electron chi connectivity index (χ2n) is 12.4. The summed E-state index contributed by atoms with van der Waals surface area (Å²) in [5, 5.41) is 7.61. The van der Waals surface area contributed by atoms with Crippen LogP contribution in [0.4, 0.5) is 0 Å². The van der Waals surface area contributed by atoms with Gasteiger partial charge in [0.05, 0.1) is 0 Å². The van der Waals surface area contributed by atoms with Gasteiger partial charge in [-0.3, -0.25) is 0 Å². The molecular formula is C40H36O. The van der Waals surface area contributed by atoms with Gasteiger partial charge in [0.15, 0.2) is 0 Å². The lowest BCUT2D eigenvalue weighted by molar-refractivity contribution is 0.645. The molecule has 0 saturated carbocycles. The molecule has 1 heteroatoms. The molecule has 0 radical (unpaired) electrons. The van der Waals surface area contributed by atoms with Gasteiger partial charge in [-0.1, -0.05) is 107 Å². The van der Waals surface area contributed by atoms with Crippen LogP contribution in [0.25, 0.3) is 65.7 Å². The normalized spacial score (nSPS) is 12.0. The Balaban J connectivity index is 1.38. The minimum atomic E-state index is 0.582. The van der Waals surface area contributed by atoms with E-state index in [0.717, 1.165) is 24.0 Å². The van der Waals surface area contributed by atoms with Crippen LogP contribution in [0.1, 0.15) is 38.8 Å². The first-order valence-electron chi connectivity index (χ1n) is 14.9. The average Bonchev–Trinajstić information content (AvgIpc) is 3.34. The zero-order valence-electron chi connectivity index (χ0n) is 24.4. The maximum absolute atomic E-state index is 6.58. The molecule has 7 rings (SSSR count). The van der Waals surface area contributed by atoms with E-state index in [1.807, 2.05) is 0 Å². The third-order valence-electron chi connectivity index (χ3n) is 8.26. The highest BCUT2D eigenvalue weighted by Crippen LogP contribution is 2.40. The second-order valence-corrected chi connectivity index (χ2v) is 12.4. The SMILES string of the molecule is CC(C)Cc1ccc2oc3c(-c4ccc(-c5cc6ccccc6c6ccccc56)cc4)cc(CC(C)C)cc3c2c1. The lowest BCUT2D eigenvalue weighted by Crippen LogP contribution is -1.95. The van der Waals surface area contributed by atoms with Gasteiger partial charge in [-0.2, -0.15) is 0 Å². The van der Waals surface area contributed by atoms with E-state index in [1.165, 1.54) is 65.7 Å². The van der Waals surface area contributed by atoms with Crippen LogP contribution in [-0.2, 0) is 12.8 Å². The quantitative estimate of drug-likeness (QED) is 0.194. The summed E-state index contributed by atoms with van der Waals surface area (Å²) in [6, 6.07) is 40.3. The Bertz CT molecular complexity index is 2040. The second kappa shape index (κ2) is 10.2. The van der Waals surface area contributed by atoms with Crippen molar-refractivity contribution in [3.05, 3.63) is 120 Å². The van der Waals surface area contributed by atoms with Crippen molar-refractivity contribution in [3.63, 3.8) is 0 Å². The Morgan fingerprint density at radius 2 is 1.10 bits per heavy atom. The fourth-order valence-electron chi connectivity index (χ4n) is 6.51. The lowest BCUT2D eigenvalue weighted by atomic mass is 9.91. The molecule has 0 N–H and O–H groups in total. The largest absolute Gasteiger partial charge is 0.455 e. The van der Waals surface area contributed by atoms with Crippen LogP contribution in [0.3, 0.4) is 0 Å². The maximum Gasteiger partial charge on any atom is 0.143 e. The molecule has 0 aliphatic rings. The first kappa shape index (κ1) is 25.6. The molecule has 6 aromatic carbocycles. The molecule has 0 aliphatic carbocycles. The summed E-state index contributed by atoms with van der Waals surface area (Å²) in [5.74, 6) is 1.20. The number of furan rings is 1. The van der Waals surface area contributed by atoms with Crippen molar-refractivity contribution in [2.24, 2.45) is 11.8 Å². The van der Waals surface area contributed by atoms with Crippen LogP contribution in [0, 0.1) is 11.8 Å². The molecule has 0 aliphatic heterocycles. The minimum Gasteiger partial charge on any atom is -0.455 e. The summed E-state index contributed by atoms with van der Waals surface area (Å²) in [6.45, 7) is 9.14. The smallest absolute Gasteiger partial charge is 0.143 e. The fraction of sp³-hybridized carbons (Fsp3) is 0.200. The molecule has 0 fully saturated rings. The third kappa shape index (κ3) is 4.70. The highest BCUT2D eigenvalue weighted by molar-refractivity contribution is 6.14. The van der Waals surface area contributed by atoms with Crippen molar-refractivity contribution in [3.8, 4) is 22.3 Å². The molecular weight excluding hydrogens is 496 g/mol. The predicted octanol–water partition coefficient (Wildman–Crippen LogP) is 11.6. The zero-order chi connectivity index (χ0) is 28.1. The van der Waals surface area contributed by atoms with Gasteiger partial charge in [-0.25, -0.2) is 0 Å². The Hall–Kier alpha value is -4.36. The van der Waals surface area contributed by atoms with Crippen LogP contribution in [0.5, 0.6) is 0 Å². The van der Waals surface area contributed by atoms with Gasteiger partial charge in [-0.05, 0) is 104 Å². The maximum atomic E-state index is 6.58. The average molecular weight is 533 g/mol. The Morgan fingerprint density at radius 3 is 1.83 bits per heavy atom. The van der Waals surface area contributed by atoms with Gasteiger partial charge >= 0.3 is 0 Å². The monoisotopic (exact) mass is 532 g/mol. The third-order valence-corrected chi connectivity index (χ3v) is 8.26. The zero-order valence-corrected chi connectivity index (χ0v) is 24.4. The molecule has 7 aromatic rings. The first-order valence-corrected chi connectivity index (χ1v) is 14.9. The Kier molecular flexibility index (Phi) is 6.39. The summed E-state index contributed by atoms with van der Waals surface area (Å²) in [5.41, 5.74) is 9.56. The van der Waals surface area contributed by atoms with E-state index in [4.69, 9.17) is 4.42 Å². The van der Waals surface area contributed by atoms with E-state index < -0.39 is 0 Å². The summed E-state index contributed by atoms with van der Waals surface area (Å²) in [4.78, 5) is 0. The van der Waals surface area contributed by atoms with Crippen LogP contribution in [0.2, 0.25) is 0 Å². The van der Waals surface area contributed by atoms with Crippen LogP contribution in [-0.4, -0.2) is 0 Å². The number of hydrogen-bond donors (Lipinski definition) is 0. The molecule has 202 valence electrons. The molecule has 0 unspecified atom stereocenters. The molecule has 0 saturated heterocycles. The molecule has 0 spiro atoms. The van der Waals surface area contributed by atoms with Crippen LogP contribution < -0.4 is 0 Å². The summed E-state index contributed by atoms with van der Waals surface area (Å²) in [6.07, 6.45) is 2.12. The van der Waals surface area contributed by atoms with E-state index >= 15 is 0 Å². The first-order chi connectivity index (χ1) is 19.9. The van der Waals surface area contributed by atoms with Crippen molar-refractivity contribution >= 4 is 43.5 Å². The summed E-state index contributed by atoms with van der Waals surface area (Å²) < 4.78 is 6.58. The standard InChI is InChI=1S/C40H36O/c1-25(2)19-27-13-18-39-37(21-27)38-23-28(20-26(3)4)22-36(40(38)41-39)30-16-14-29(15-17-30)35-24-31-9-5-6-10-32(31)33-11-7-8-12-34(33)35/h5-18,21-26H,19-20H2,1-4H3. The molecule has 0 atom stereocenters. The number of rotatable bonds is 6. The molecule has 1 aromatic heterocycles. The molecule has 1 heterocycles. The van der Waals surface area contributed by atoms with Crippen molar-refractivity contribution in [1.82, 2.24) is 0 Å². The molecule has 0 amide bonds. The summed E-state index contributed by atoms with van der Waals surface area (Å²) >= 11 is 0. The molecule has 1 nitrogen and oxygen atoms in total. The van der Waals surface area contributed by atoms with Crippen molar-refractivity contribution in [2.75, 3.05) is 0 Å². The van der Waals surface area contributed by atoms with Crippen molar-refractivity contribution in [1.29, 1.82) is 0 Å². The van der Waals surface area contributed by atoms with Gasteiger partial charge in [-0.15, -0.1) is 0 Å². The molecule has 0 bridgehead atoms. The predicted molar refractivity (Wildman–Crippen MR) is 177 cm³/mol. The van der Waals surface area contributed by atoms with E-state index in [-0.39, 0.29) is 0 Å². The topological polar surface area (TPSA) is 13.1 Å². The van der Waals surface area contributed by atoms with Gasteiger partial charge in [0.2, 0.25) is 0 Å². The van der Waals surface area contributed by atoms with E-state index in [1.54, 1.807) is 0 Å². The summed E-state index contributed by atoms with van der Waals surface area (Å²) in [7, 11) is 0. The minimum absolute atomic E-state index is 0.582. The molecule has 41 heavy (non-hydrogen) atoms. The van der Waals surface area contributed by atoms with Gasteiger partial charge < -0.3 is 4.42 Å². The van der Waals surface area contributed by atoms with Crippen molar-refractivity contribution < 1.29 is 4.42 Å². The fourth-order valence-corrected chi connectivity index (χ4v) is 6.51. The Labute approximate surface area is 242 Å². The highest BCUT2D eigenvalue weighted by atomic mass is 16.3. The van der Waals surface area contributed by atoms with Crippen LogP contribution in [0.15, 0.2) is 114 Å². The number of fused-ring (bicyclic) bond motifs is 6. The van der Waals surface area contributed by atoms with E-state index in [9.17, 15) is 0 Å². The number of hydrogen-bond acceptors (Lipinski definition) is 1. The van der Waals surface area contributed by atoms with Gasteiger partial charge in [0, 0.05) is 16.3 Å². The number of benzene rings is 6. The highest BCUT2D eigenvalue weighted by Gasteiger charge is 2.16. The van der Waals surface area contributed by atoms with Crippen LogP contribution >= 0.6 is 0 Å². The van der Waals surface area contributed by atoms with Gasteiger partial charge in [0.1, 0.15) is 11.2 Å². The lowest BCUT2D eigenvalue weighted by Gasteiger charge is -2.13. The van der Waals surface area contributed by atoms with E-state index in [2.05, 4.69) is 137 Å². The van der Waals surface area contributed by atoms with Gasteiger partial charge in [0.25, 0.3) is 0 Å². The van der Waals surface area contributed by atoms with Crippen molar-refractivity contribution in [2.45, 2.75) is 40.5 Å². The van der Waals surface area contributed by atoms with E-state index in [0.29, 0.717) is 11.8 Å². The Morgan fingerprint density at radius 1 is 0.488 bits per heavy atom.